The molecule has 4 rings (SSSR count). The zero-order valence-corrected chi connectivity index (χ0v) is 18.3. The maximum absolute atomic E-state index is 13.0. The van der Waals surface area contributed by atoms with Crippen LogP contribution in [-0.4, -0.2) is 35.0 Å². The standard InChI is InChI=1S/C26H26N4O2/c1-19-12-14-20(15-13-19)26(32)27-17-16-24-28-22-10-6-7-11-23(22)30(24)18-25(31)29(2)21-8-4-3-5-9-21/h3-15H,16-18H2,1-2H3,(H,27,32). The maximum atomic E-state index is 13.0. The lowest BCUT2D eigenvalue weighted by molar-refractivity contribution is -0.118. The summed E-state index contributed by atoms with van der Waals surface area (Å²) in [5, 5.41) is 2.95. The van der Waals surface area contributed by atoms with E-state index in [9.17, 15) is 9.59 Å². The van der Waals surface area contributed by atoms with E-state index in [1.165, 1.54) is 0 Å². The number of rotatable bonds is 7. The van der Waals surface area contributed by atoms with Crippen LogP contribution in [0.1, 0.15) is 21.7 Å². The molecule has 0 aliphatic heterocycles. The Kier molecular flexibility index (Phi) is 6.31. The minimum atomic E-state index is -0.118. The van der Waals surface area contributed by atoms with Gasteiger partial charge in [-0.3, -0.25) is 9.59 Å². The Hall–Kier alpha value is -3.93. The second kappa shape index (κ2) is 9.47. The third-order valence-electron chi connectivity index (χ3n) is 5.49. The zero-order valence-electron chi connectivity index (χ0n) is 18.3. The van der Waals surface area contributed by atoms with Crippen LogP contribution in [0.5, 0.6) is 0 Å². The van der Waals surface area contributed by atoms with Crippen molar-refractivity contribution in [2.45, 2.75) is 19.9 Å². The fourth-order valence-electron chi connectivity index (χ4n) is 3.62. The molecule has 1 N–H and O–H groups in total. The quantitative estimate of drug-likeness (QED) is 0.486. The van der Waals surface area contributed by atoms with Crippen molar-refractivity contribution in [3.05, 3.63) is 95.8 Å². The van der Waals surface area contributed by atoms with Crippen molar-refractivity contribution in [2.75, 3.05) is 18.5 Å². The van der Waals surface area contributed by atoms with Crippen LogP contribution in [0.2, 0.25) is 0 Å². The van der Waals surface area contributed by atoms with Gasteiger partial charge in [0.25, 0.3) is 5.91 Å². The normalized spacial score (nSPS) is 10.8. The number of hydrogen-bond donors (Lipinski definition) is 1. The highest BCUT2D eigenvalue weighted by Gasteiger charge is 2.17. The monoisotopic (exact) mass is 426 g/mol. The first-order chi connectivity index (χ1) is 15.5. The summed E-state index contributed by atoms with van der Waals surface area (Å²) in [6.07, 6.45) is 0.522. The Bertz CT molecular complexity index is 1230. The summed E-state index contributed by atoms with van der Waals surface area (Å²) in [6.45, 7) is 2.59. The van der Waals surface area contributed by atoms with Crippen molar-refractivity contribution in [2.24, 2.45) is 0 Å². The van der Waals surface area contributed by atoms with Crippen LogP contribution in [0.4, 0.5) is 5.69 Å². The van der Waals surface area contributed by atoms with Crippen LogP contribution < -0.4 is 10.2 Å². The molecule has 6 nitrogen and oxygen atoms in total. The smallest absolute Gasteiger partial charge is 0.251 e. The summed E-state index contributed by atoms with van der Waals surface area (Å²) in [7, 11) is 1.78. The maximum Gasteiger partial charge on any atom is 0.251 e. The zero-order chi connectivity index (χ0) is 22.5. The lowest BCUT2D eigenvalue weighted by Gasteiger charge is -2.18. The highest BCUT2D eigenvalue weighted by atomic mass is 16.2. The number of fused-ring (bicyclic) bond motifs is 1. The molecule has 0 aliphatic carbocycles. The molecule has 0 unspecified atom stereocenters. The highest BCUT2D eigenvalue weighted by molar-refractivity contribution is 5.94. The third kappa shape index (κ3) is 4.70. The van der Waals surface area contributed by atoms with Crippen molar-refractivity contribution in [3.8, 4) is 0 Å². The molecule has 0 spiro atoms. The van der Waals surface area contributed by atoms with Gasteiger partial charge in [0.05, 0.1) is 11.0 Å². The van der Waals surface area contributed by atoms with Gasteiger partial charge in [0, 0.05) is 31.3 Å². The number of nitrogens with one attached hydrogen (secondary N) is 1. The lowest BCUT2D eigenvalue weighted by Crippen LogP contribution is -2.31. The van der Waals surface area contributed by atoms with E-state index in [-0.39, 0.29) is 18.4 Å². The molecule has 1 aromatic heterocycles. The van der Waals surface area contributed by atoms with Gasteiger partial charge in [-0.1, -0.05) is 48.0 Å². The molecule has 162 valence electrons. The number of aromatic nitrogens is 2. The van der Waals surface area contributed by atoms with Crippen LogP contribution in [0.25, 0.3) is 11.0 Å². The Morgan fingerprint density at radius 1 is 0.938 bits per heavy atom. The minimum absolute atomic E-state index is 0.0377. The van der Waals surface area contributed by atoms with Gasteiger partial charge in [0.15, 0.2) is 0 Å². The molecular weight excluding hydrogens is 400 g/mol. The largest absolute Gasteiger partial charge is 0.352 e. The molecule has 0 saturated carbocycles. The fourth-order valence-corrected chi connectivity index (χ4v) is 3.62. The lowest BCUT2D eigenvalue weighted by atomic mass is 10.1. The number of carbonyl (C=O) groups is 2. The van der Waals surface area contributed by atoms with Crippen LogP contribution in [0.3, 0.4) is 0 Å². The average molecular weight is 427 g/mol. The number of aryl methyl sites for hydroxylation is 1. The van der Waals surface area contributed by atoms with Crippen molar-refractivity contribution in [3.63, 3.8) is 0 Å². The van der Waals surface area contributed by atoms with Crippen molar-refractivity contribution in [1.82, 2.24) is 14.9 Å². The van der Waals surface area contributed by atoms with Gasteiger partial charge >= 0.3 is 0 Å². The summed E-state index contributed by atoms with van der Waals surface area (Å²) in [5.41, 5.74) is 4.32. The average Bonchev–Trinajstić information content (AvgIpc) is 3.16. The van der Waals surface area contributed by atoms with Crippen LogP contribution in [-0.2, 0) is 17.8 Å². The van der Waals surface area contributed by atoms with E-state index in [0.29, 0.717) is 18.5 Å². The van der Waals surface area contributed by atoms with E-state index >= 15 is 0 Å². The molecule has 2 amide bonds. The Morgan fingerprint density at radius 3 is 2.38 bits per heavy atom. The van der Waals surface area contributed by atoms with Gasteiger partial charge in [-0.05, 0) is 43.3 Å². The van der Waals surface area contributed by atoms with Gasteiger partial charge in [-0.15, -0.1) is 0 Å². The van der Waals surface area contributed by atoms with E-state index in [4.69, 9.17) is 4.98 Å². The molecule has 0 saturated heterocycles. The van der Waals surface area contributed by atoms with E-state index < -0.39 is 0 Å². The summed E-state index contributed by atoms with van der Waals surface area (Å²) in [5.74, 6) is 0.613. The molecule has 4 aromatic rings. The fraction of sp³-hybridized carbons (Fsp3) is 0.192. The predicted molar refractivity (Wildman–Crippen MR) is 127 cm³/mol. The molecule has 3 aromatic carbocycles. The molecule has 0 aliphatic rings. The Balaban J connectivity index is 1.49. The van der Waals surface area contributed by atoms with Crippen LogP contribution in [0, 0.1) is 6.92 Å². The molecule has 6 heteroatoms. The van der Waals surface area contributed by atoms with Gasteiger partial charge in [0.2, 0.25) is 5.91 Å². The number of hydrogen-bond acceptors (Lipinski definition) is 3. The number of imidazole rings is 1. The molecule has 1 heterocycles. The van der Waals surface area contributed by atoms with Crippen molar-refractivity contribution < 1.29 is 9.59 Å². The summed E-state index contributed by atoms with van der Waals surface area (Å²) in [6, 6.07) is 24.8. The number of para-hydroxylation sites is 3. The van der Waals surface area contributed by atoms with E-state index in [2.05, 4.69) is 5.32 Å². The molecule has 0 atom stereocenters. The van der Waals surface area contributed by atoms with E-state index in [1.807, 2.05) is 90.4 Å². The number of benzene rings is 3. The second-order valence-corrected chi connectivity index (χ2v) is 7.76. The first kappa shape index (κ1) is 21.3. The van der Waals surface area contributed by atoms with Crippen LogP contribution >= 0.6 is 0 Å². The Morgan fingerprint density at radius 2 is 1.62 bits per heavy atom. The SMILES string of the molecule is Cc1ccc(C(=O)NCCc2nc3ccccc3n2CC(=O)N(C)c2ccccc2)cc1. The van der Waals surface area contributed by atoms with Gasteiger partial charge in [-0.2, -0.15) is 0 Å². The number of carbonyl (C=O) groups excluding carboxylic acids is 2. The summed E-state index contributed by atoms with van der Waals surface area (Å²) >= 11 is 0. The summed E-state index contributed by atoms with van der Waals surface area (Å²) in [4.78, 5) is 31.8. The molecular formula is C26H26N4O2. The first-order valence-corrected chi connectivity index (χ1v) is 10.6. The minimum Gasteiger partial charge on any atom is -0.352 e. The van der Waals surface area contributed by atoms with E-state index in [1.54, 1.807) is 11.9 Å². The van der Waals surface area contributed by atoms with E-state index in [0.717, 1.165) is 28.1 Å². The predicted octanol–water partition coefficient (Wildman–Crippen LogP) is 3.98. The number of anilines is 1. The molecule has 0 bridgehead atoms. The number of likely N-dealkylation sites (N-methyl/N-ethyl adjacent to an activating group) is 1. The molecule has 0 fully saturated rings. The highest BCUT2D eigenvalue weighted by Crippen LogP contribution is 2.18. The number of nitrogens with zero attached hydrogens (tertiary/aromatic N) is 3. The molecule has 32 heavy (non-hydrogen) atoms. The molecule has 0 radical (unpaired) electrons. The number of amides is 2. The van der Waals surface area contributed by atoms with Crippen molar-refractivity contribution >= 4 is 28.5 Å². The van der Waals surface area contributed by atoms with Gasteiger partial charge in [0.1, 0.15) is 12.4 Å². The second-order valence-electron chi connectivity index (χ2n) is 7.76. The topological polar surface area (TPSA) is 67.2 Å². The first-order valence-electron chi connectivity index (χ1n) is 10.6. The Labute approximate surface area is 187 Å². The van der Waals surface area contributed by atoms with Crippen LogP contribution in [0.15, 0.2) is 78.9 Å². The summed E-state index contributed by atoms with van der Waals surface area (Å²) < 4.78 is 1.94. The van der Waals surface area contributed by atoms with Gasteiger partial charge < -0.3 is 14.8 Å². The van der Waals surface area contributed by atoms with Crippen molar-refractivity contribution in [1.29, 1.82) is 0 Å². The third-order valence-corrected chi connectivity index (χ3v) is 5.49. The van der Waals surface area contributed by atoms with Gasteiger partial charge in [-0.25, -0.2) is 4.98 Å².